The first-order chi connectivity index (χ1) is 12.0. The van der Waals surface area contributed by atoms with Crippen molar-refractivity contribution in [3.63, 3.8) is 0 Å². The highest BCUT2D eigenvalue weighted by molar-refractivity contribution is 7.89. The van der Waals surface area contributed by atoms with Crippen LogP contribution in [0.25, 0.3) is 0 Å². The second kappa shape index (κ2) is 8.38. The van der Waals surface area contributed by atoms with Gasteiger partial charge in [0, 0.05) is 19.0 Å². The summed E-state index contributed by atoms with van der Waals surface area (Å²) in [5.41, 5.74) is 7.13. The molecular formula is C18H19Cl2N3O2S. The van der Waals surface area contributed by atoms with Crippen LogP contribution in [0.1, 0.15) is 17.0 Å². The van der Waals surface area contributed by atoms with Crippen molar-refractivity contribution in [3.05, 3.63) is 64.7 Å². The van der Waals surface area contributed by atoms with E-state index in [0.717, 1.165) is 5.56 Å². The molecule has 1 saturated heterocycles. The summed E-state index contributed by atoms with van der Waals surface area (Å²) in [6, 6.07) is 15.9. The van der Waals surface area contributed by atoms with Crippen LogP contribution in [0.5, 0.6) is 0 Å². The lowest BCUT2D eigenvalue weighted by Gasteiger charge is -2.17. The summed E-state index contributed by atoms with van der Waals surface area (Å²) in [4.78, 5) is 0.0814. The maximum Gasteiger partial charge on any atom is 0.243 e. The molecule has 5 nitrogen and oxygen atoms in total. The second-order valence-electron chi connectivity index (χ2n) is 6.09. The molecule has 0 radical (unpaired) electrons. The summed E-state index contributed by atoms with van der Waals surface area (Å²) in [5, 5.41) is 9.33. The zero-order valence-electron chi connectivity index (χ0n) is 13.9. The number of nitriles is 1. The maximum absolute atomic E-state index is 13.0. The Bertz CT molecular complexity index is 914. The zero-order valence-corrected chi connectivity index (χ0v) is 16.3. The fraction of sp³-hybridized carbons (Fsp3) is 0.278. The molecule has 0 aliphatic carbocycles. The lowest BCUT2D eigenvalue weighted by molar-refractivity contribution is 0.459. The highest BCUT2D eigenvalue weighted by atomic mass is 35.5. The number of halogens is 2. The molecule has 2 aromatic carbocycles. The Balaban J connectivity index is 0.00000243. The standard InChI is InChI=1S/C18H18ClN3O2S.ClH/c19-18-7-6-16(8-14(18)9-20)25(23,24)22-11-15(10-21)17(12-22)13-4-2-1-3-5-13;/h1-8,15,17H,10-12,21H2;1H/t15-,17+;/m1./s1. The molecule has 0 unspecified atom stereocenters. The van der Waals surface area contributed by atoms with E-state index in [0.29, 0.717) is 19.6 Å². The van der Waals surface area contributed by atoms with E-state index in [1.165, 1.54) is 22.5 Å². The van der Waals surface area contributed by atoms with Crippen molar-refractivity contribution in [2.24, 2.45) is 11.7 Å². The minimum atomic E-state index is -3.70. The monoisotopic (exact) mass is 411 g/mol. The zero-order chi connectivity index (χ0) is 18.0. The number of hydrogen-bond donors (Lipinski definition) is 1. The van der Waals surface area contributed by atoms with Gasteiger partial charge in [0.1, 0.15) is 6.07 Å². The number of rotatable bonds is 4. The van der Waals surface area contributed by atoms with Crippen LogP contribution in [0.15, 0.2) is 53.4 Å². The van der Waals surface area contributed by atoms with E-state index in [1.54, 1.807) is 0 Å². The summed E-state index contributed by atoms with van der Waals surface area (Å²) < 4.78 is 27.4. The Kier molecular flexibility index (Phi) is 6.67. The van der Waals surface area contributed by atoms with Gasteiger partial charge in [0.25, 0.3) is 0 Å². The Labute approximate surface area is 164 Å². The van der Waals surface area contributed by atoms with E-state index >= 15 is 0 Å². The van der Waals surface area contributed by atoms with Gasteiger partial charge in [0.2, 0.25) is 10.0 Å². The molecule has 0 spiro atoms. The van der Waals surface area contributed by atoms with Gasteiger partial charge < -0.3 is 5.73 Å². The number of nitrogens with zero attached hydrogens (tertiary/aromatic N) is 2. The molecule has 26 heavy (non-hydrogen) atoms. The molecule has 1 fully saturated rings. The van der Waals surface area contributed by atoms with Gasteiger partial charge in [-0.05, 0) is 36.2 Å². The fourth-order valence-corrected chi connectivity index (χ4v) is 4.95. The first-order valence-corrected chi connectivity index (χ1v) is 9.74. The normalized spacial score (nSPS) is 20.3. The third-order valence-electron chi connectivity index (χ3n) is 4.63. The molecule has 0 bridgehead atoms. The molecule has 0 saturated carbocycles. The van der Waals surface area contributed by atoms with Gasteiger partial charge in [0.15, 0.2) is 0 Å². The predicted octanol–water partition coefficient (Wildman–Crippen LogP) is 3.00. The third kappa shape index (κ3) is 3.88. The van der Waals surface area contributed by atoms with Crippen LogP contribution in [0.3, 0.4) is 0 Å². The van der Waals surface area contributed by atoms with Crippen molar-refractivity contribution >= 4 is 34.0 Å². The average molecular weight is 412 g/mol. The lowest BCUT2D eigenvalue weighted by Crippen LogP contribution is -2.30. The molecule has 2 N–H and O–H groups in total. The molecule has 3 rings (SSSR count). The molecule has 1 aliphatic rings. The molecule has 1 heterocycles. The van der Waals surface area contributed by atoms with Crippen molar-refractivity contribution in [3.8, 4) is 6.07 Å². The molecule has 2 atom stereocenters. The molecular weight excluding hydrogens is 393 g/mol. The van der Waals surface area contributed by atoms with Crippen LogP contribution in [-0.2, 0) is 10.0 Å². The molecule has 2 aromatic rings. The minimum Gasteiger partial charge on any atom is -0.330 e. The minimum absolute atomic E-state index is 0. The van der Waals surface area contributed by atoms with Crippen LogP contribution in [0.4, 0.5) is 0 Å². The predicted molar refractivity (Wildman–Crippen MR) is 104 cm³/mol. The van der Waals surface area contributed by atoms with Crippen molar-refractivity contribution < 1.29 is 8.42 Å². The summed E-state index contributed by atoms with van der Waals surface area (Å²) in [6.07, 6.45) is 0. The van der Waals surface area contributed by atoms with Gasteiger partial charge >= 0.3 is 0 Å². The van der Waals surface area contributed by atoms with Crippen LogP contribution in [0.2, 0.25) is 5.02 Å². The van der Waals surface area contributed by atoms with Crippen molar-refractivity contribution in [2.45, 2.75) is 10.8 Å². The van der Waals surface area contributed by atoms with E-state index in [2.05, 4.69) is 0 Å². The topological polar surface area (TPSA) is 87.2 Å². The van der Waals surface area contributed by atoms with Gasteiger partial charge in [-0.3, -0.25) is 0 Å². The van der Waals surface area contributed by atoms with E-state index in [4.69, 9.17) is 22.6 Å². The maximum atomic E-state index is 13.0. The summed E-state index contributed by atoms with van der Waals surface area (Å²) >= 11 is 5.91. The average Bonchev–Trinajstić information content (AvgIpc) is 3.08. The van der Waals surface area contributed by atoms with Gasteiger partial charge in [-0.2, -0.15) is 9.57 Å². The number of hydrogen-bond acceptors (Lipinski definition) is 4. The van der Waals surface area contributed by atoms with Crippen LogP contribution < -0.4 is 5.73 Å². The van der Waals surface area contributed by atoms with Crippen LogP contribution in [-0.4, -0.2) is 32.4 Å². The molecule has 138 valence electrons. The van der Waals surface area contributed by atoms with E-state index in [-0.39, 0.29) is 39.7 Å². The number of sulfonamides is 1. The van der Waals surface area contributed by atoms with Gasteiger partial charge in [-0.15, -0.1) is 12.4 Å². The van der Waals surface area contributed by atoms with Crippen molar-refractivity contribution in [1.82, 2.24) is 4.31 Å². The molecule has 8 heteroatoms. The van der Waals surface area contributed by atoms with Crippen LogP contribution >= 0.6 is 24.0 Å². The van der Waals surface area contributed by atoms with E-state index < -0.39 is 10.0 Å². The second-order valence-corrected chi connectivity index (χ2v) is 8.43. The summed E-state index contributed by atoms with van der Waals surface area (Å²) in [7, 11) is -3.70. The van der Waals surface area contributed by atoms with E-state index in [9.17, 15) is 8.42 Å². The first-order valence-electron chi connectivity index (χ1n) is 7.92. The van der Waals surface area contributed by atoms with Crippen molar-refractivity contribution in [2.75, 3.05) is 19.6 Å². The summed E-state index contributed by atoms with van der Waals surface area (Å²) in [5.74, 6) is 0.114. The number of benzene rings is 2. The summed E-state index contributed by atoms with van der Waals surface area (Å²) in [6.45, 7) is 1.15. The first kappa shape index (κ1) is 20.7. The SMILES string of the molecule is Cl.N#Cc1cc(S(=O)(=O)N2C[C@@H](CN)[C@H](c3ccccc3)C2)ccc1Cl. The van der Waals surface area contributed by atoms with Gasteiger partial charge in [-0.1, -0.05) is 41.9 Å². The largest absolute Gasteiger partial charge is 0.330 e. The Morgan fingerprint density at radius 2 is 1.88 bits per heavy atom. The van der Waals surface area contributed by atoms with Gasteiger partial charge in [0.05, 0.1) is 15.5 Å². The Morgan fingerprint density at radius 3 is 2.50 bits per heavy atom. The molecule has 1 aliphatic heterocycles. The smallest absolute Gasteiger partial charge is 0.243 e. The Hall–Kier alpha value is -1.62. The highest BCUT2D eigenvalue weighted by Crippen LogP contribution is 2.35. The highest BCUT2D eigenvalue weighted by Gasteiger charge is 2.39. The fourth-order valence-electron chi connectivity index (χ4n) is 3.24. The quantitative estimate of drug-likeness (QED) is 0.837. The Morgan fingerprint density at radius 1 is 1.19 bits per heavy atom. The third-order valence-corrected chi connectivity index (χ3v) is 6.79. The molecule has 0 aromatic heterocycles. The van der Waals surface area contributed by atoms with Gasteiger partial charge in [-0.25, -0.2) is 8.42 Å². The number of nitrogens with two attached hydrogens (primary N) is 1. The lowest BCUT2D eigenvalue weighted by atomic mass is 9.89. The molecule has 0 amide bonds. The van der Waals surface area contributed by atoms with E-state index in [1.807, 2.05) is 36.4 Å². The van der Waals surface area contributed by atoms with Crippen molar-refractivity contribution in [1.29, 1.82) is 5.26 Å². The van der Waals surface area contributed by atoms with Crippen LogP contribution in [0, 0.1) is 17.2 Å².